The van der Waals surface area contributed by atoms with Gasteiger partial charge in [-0.2, -0.15) is 0 Å². The van der Waals surface area contributed by atoms with Crippen LogP contribution in [-0.4, -0.2) is 4.57 Å². The van der Waals surface area contributed by atoms with Gasteiger partial charge in [-0.3, -0.25) is 0 Å². The summed E-state index contributed by atoms with van der Waals surface area (Å²) in [6.45, 7) is 0. The summed E-state index contributed by atoms with van der Waals surface area (Å²) in [5.41, 5.74) is 12.9. The van der Waals surface area contributed by atoms with E-state index >= 15 is 0 Å². The zero-order valence-corrected chi connectivity index (χ0v) is 32.1. The third kappa shape index (κ3) is 5.22. The van der Waals surface area contributed by atoms with Crippen LogP contribution < -0.4 is 4.90 Å². The Morgan fingerprint density at radius 1 is 0.356 bits per heavy atom. The third-order valence-corrected chi connectivity index (χ3v) is 12.0. The Kier molecular flexibility index (Phi) is 7.54. The number of nitrogens with zero attached hydrogens (tertiary/aromatic N) is 2. The number of furan rings is 1. The molecule has 0 saturated heterocycles. The smallest absolute Gasteiger partial charge is 0.145 e. The van der Waals surface area contributed by atoms with Crippen LogP contribution in [0.15, 0.2) is 223 Å². The van der Waals surface area contributed by atoms with Gasteiger partial charge in [0.05, 0.1) is 33.5 Å². The average molecular weight is 753 g/mol. The highest BCUT2D eigenvalue weighted by Gasteiger charge is 2.26. The number of hydrogen-bond donors (Lipinski definition) is 0. The number of hydrogen-bond acceptors (Lipinski definition) is 2. The summed E-state index contributed by atoms with van der Waals surface area (Å²) in [6.07, 6.45) is 0. The van der Waals surface area contributed by atoms with Crippen molar-refractivity contribution in [2.75, 3.05) is 4.90 Å². The molecule has 0 aliphatic heterocycles. The van der Waals surface area contributed by atoms with Gasteiger partial charge in [-0.15, -0.1) is 0 Å². The van der Waals surface area contributed by atoms with E-state index in [2.05, 4.69) is 228 Å². The minimum absolute atomic E-state index is 0.856. The fourth-order valence-corrected chi connectivity index (χ4v) is 9.38. The van der Waals surface area contributed by atoms with Gasteiger partial charge >= 0.3 is 0 Å². The van der Waals surface area contributed by atoms with Crippen LogP contribution in [0.1, 0.15) is 0 Å². The van der Waals surface area contributed by atoms with Crippen LogP contribution in [0.25, 0.3) is 93.2 Å². The van der Waals surface area contributed by atoms with E-state index in [9.17, 15) is 0 Å². The van der Waals surface area contributed by atoms with E-state index in [4.69, 9.17) is 4.42 Å². The molecule has 0 aliphatic rings. The summed E-state index contributed by atoms with van der Waals surface area (Å²) in [6, 6.07) is 78.6. The van der Waals surface area contributed by atoms with Crippen LogP contribution in [0.4, 0.5) is 17.1 Å². The maximum Gasteiger partial charge on any atom is 0.145 e. The third-order valence-electron chi connectivity index (χ3n) is 12.0. The highest BCUT2D eigenvalue weighted by Crippen LogP contribution is 2.50. The molecule has 2 heterocycles. The SMILES string of the molecule is c1ccc(-c2ccccc2N(c2cc3ccccc3c3ccccc23)c2ccc(-c3cccc(-n4c5ccccc5c5ccccc54)c3)c3oc4ccccc4c23)cc1. The first kappa shape index (κ1) is 33.3. The first-order valence-electron chi connectivity index (χ1n) is 20.2. The summed E-state index contributed by atoms with van der Waals surface area (Å²) in [4.78, 5) is 2.47. The van der Waals surface area contributed by atoms with Crippen molar-refractivity contribution in [1.82, 2.24) is 4.57 Å². The zero-order valence-electron chi connectivity index (χ0n) is 32.1. The Morgan fingerprint density at radius 3 is 1.76 bits per heavy atom. The lowest BCUT2D eigenvalue weighted by molar-refractivity contribution is 0.670. The summed E-state index contributed by atoms with van der Waals surface area (Å²) >= 11 is 0. The van der Waals surface area contributed by atoms with Crippen molar-refractivity contribution < 1.29 is 4.42 Å². The molecule has 276 valence electrons. The second-order valence-corrected chi connectivity index (χ2v) is 15.2. The number of benzene rings is 10. The molecule has 0 atom stereocenters. The zero-order chi connectivity index (χ0) is 38.9. The molecule has 0 N–H and O–H groups in total. The van der Waals surface area contributed by atoms with Crippen molar-refractivity contribution in [3.63, 3.8) is 0 Å². The highest BCUT2D eigenvalue weighted by atomic mass is 16.3. The van der Waals surface area contributed by atoms with Gasteiger partial charge in [-0.05, 0) is 81.9 Å². The number of aromatic nitrogens is 1. The first-order valence-corrected chi connectivity index (χ1v) is 20.2. The average Bonchev–Trinajstić information content (AvgIpc) is 3.86. The van der Waals surface area contributed by atoms with Crippen LogP contribution in [-0.2, 0) is 0 Å². The van der Waals surface area contributed by atoms with Gasteiger partial charge in [-0.1, -0.05) is 164 Å². The molecule has 10 aromatic carbocycles. The quantitative estimate of drug-likeness (QED) is 0.158. The number of rotatable bonds is 6. The van der Waals surface area contributed by atoms with Crippen LogP contribution in [0.3, 0.4) is 0 Å². The fraction of sp³-hybridized carbons (Fsp3) is 0. The Bertz CT molecular complexity index is 3520. The summed E-state index contributed by atoms with van der Waals surface area (Å²) in [7, 11) is 0. The lowest BCUT2D eigenvalue weighted by atomic mass is 9.95. The lowest BCUT2D eigenvalue weighted by Crippen LogP contribution is -2.12. The van der Waals surface area contributed by atoms with Crippen molar-refractivity contribution in [2.45, 2.75) is 0 Å². The highest BCUT2D eigenvalue weighted by molar-refractivity contribution is 6.21. The minimum Gasteiger partial charge on any atom is -0.455 e. The molecule has 0 fully saturated rings. The predicted octanol–water partition coefficient (Wildman–Crippen LogP) is 15.8. The second kappa shape index (κ2) is 13.4. The minimum atomic E-state index is 0.856. The lowest BCUT2D eigenvalue weighted by Gasteiger charge is -2.30. The Hall–Kier alpha value is -7.88. The van der Waals surface area contributed by atoms with Gasteiger partial charge in [0.15, 0.2) is 0 Å². The van der Waals surface area contributed by atoms with E-state index in [1.54, 1.807) is 0 Å². The molecule has 0 amide bonds. The molecule has 0 radical (unpaired) electrons. The van der Waals surface area contributed by atoms with Crippen LogP contribution in [0, 0.1) is 0 Å². The topological polar surface area (TPSA) is 21.3 Å². The monoisotopic (exact) mass is 752 g/mol. The van der Waals surface area contributed by atoms with Gasteiger partial charge in [0.1, 0.15) is 11.2 Å². The van der Waals surface area contributed by atoms with Crippen LogP contribution in [0.2, 0.25) is 0 Å². The fourth-order valence-electron chi connectivity index (χ4n) is 9.38. The van der Waals surface area contributed by atoms with Crippen LogP contribution >= 0.6 is 0 Å². The molecule has 3 heteroatoms. The van der Waals surface area contributed by atoms with Crippen molar-refractivity contribution >= 4 is 82.4 Å². The van der Waals surface area contributed by atoms with Crippen molar-refractivity contribution in [2.24, 2.45) is 0 Å². The Balaban J connectivity index is 1.15. The molecular formula is C56H36N2O. The molecule has 0 bridgehead atoms. The summed E-state index contributed by atoms with van der Waals surface area (Å²) in [5.74, 6) is 0. The van der Waals surface area contributed by atoms with Gasteiger partial charge in [0, 0.05) is 38.4 Å². The predicted molar refractivity (Wildman–Crippen MR) is 249 cm³/mol. The molecule has 0 saturated carbocycles. The molecule has 59 heavy (non-hydrogen) atoms. The molecule has 12 aromatic rings. The maximum absolute atomic E-state index is 7.01. The number of fused-ring (bicyclic) bond motifs is 9. The largest absolute Gasteiger partial charge is 0.455 e. The van der Waals surface area contributed by atoms with Gasteiger partial charge in [0.2, 0.25) is 0 Å². The molecule has 0 spiro atoms. The molecule has 2 aromatic heterocycles. The second-order valence-electron chi connectivity index (χ2n) is 15.2. The molecule has 0 unspecified atom stereocenters. The summed E-state index contributed by atoms with van der Waals surface area (Å²) < 4.78 is 9.39. The van der Waals surface area contributed by atoms with E-state index in [1.807, 2.05) is 0 Å². The normalized spacial score (nSPS) is 11.7. The van der Waals surface area contributed by atoms with Crippen LogP contribution in [0.5, 0.6) is 0 Å². The molecular weight excluding hydrogens is 717 g/mol. The van der Waals surface area contributed by atoms with E-state index in [-0.39, 0.29) is 0 Å². The van der Waals surface area contributed by atoms with E-state index in [0.29, 0.717) is 0 Å². The van der Waals surface area contributed by atoms with Crippen molar-refractivity contribution in [3.05, 3.63) is 218 Å². The Morgan fingerprint density at radius 2 is 0.966 bits per heavy atom. The maximum atomic E-state index is 7.01. The Labute approximate surface area is 341 Å². The van der Waals surface area contributed by atoms with E-state index < -0.39 is 0 Å². The molecule has 12 rings (SSSR count). The van der Waals surface area contributed by atoms with E-state index in [1.165, 1.54) is 43.4 Å². The molecule has 0 aliphatic carbocycles. The first-order chi connectivity index (χ1) is 29.3. The van der Waals surface area contributed by atoms with Gasteiger partial charge in [0.25, 0.3) is 0 Å². The number of para-hydroxylation sites is 4. The standard InChI is InChI=1S/C56H36N2O/c1-2-17-37(18-3-1)42-23-8-12-29-49(42)58(53-36-39-19-4-5-22-41(39)44-24-6-7-25-45(44)53)52-34-33-43(56-55(52)48-28-11-15-32-54(48)59-56)38-20-16-21-40(35-38)57-50-30-13-9-26-46(50)47-27-10-14-31-51(47)57/h1-36H. The van der Waals surface area contributed by atoms with Crippen molar-refractivity contribution in [3.8, 4) is 27.9 Å². The van der Waals surface area contributed by atoms with E-state index in [0.717, 1.165) is 66.9 Å². The molecule has 3 nitrogen and oxygen atoms in total. The summed E-state index contributed by atoms with van der Waals surface area (Å²) in [5, 5.41) is 9.46. The van der Waals surface area contributed by atoms with Gasteiger partial charge in [-0.25, -0.2) is 0 Å². The van der Waals surface area contributed by atoms with Crippen molar-refractivity contribution in [1.29, 1.82) is 0 Å². The number of anilines is 3. The van der Waals surface area contributed by atoms with Gasteiger partial charge < -0.3 is 13.9 Å².